The third kappa shape index (κ3) is 4.79. The maximum absolute atomic E-state index is 13.7. The van der Waals surface area contributed by atoms with E-state index in [1.807, 2.05) is 0 Å². The van der Waals surface area contributed by atoms with Gasteiger partial charge >= 0.3 is 0 Å². The lowest BCUT2D eigenvalue weighted by atomic mass is 9.98. The molecule has 9 heteroatoms. The minimum atomic E-state index is -4.03. The number of benzene rings is 2. The van der Waals surface area contributed by atoms with Gasteiger partial charge in [-0.15, -0.1) is 0 Å². The Morgan fingerprint density at radius 2 is 1.83 bits per heavy atom. The van der Waals surface area contributed by atoms with Crippen molar-refractivity contribution >= 4 is 15.9 Å². The maximum Gasteiger partial charge on any atom is 0.246 e. The minimum Gasteiger partial charge on any atom is -0.495 e. The Morgan fingerprint density at radius 3 is 2.50 bits per heavy atom. The van der Waals surface area contributed by atoms with Gasteiger partial charge in [-0.3, -0.25) is 4.79 Å². The van der Waals surface area contributed by atoms with Crippen LogP contribution < -0.4 is 10.1 Å². The summed E-state index contributed by atoms with van der Waals surface area (Å²) in [6.45, 7) is 2.00. The van der Waals surface area contributed by atoms with Crippen LogP contribution in [-0.4, -0.2) is 38.8 Å². The first-order valence-corrected chi connectivity index (χ1v) is 11.1. The highest BCUT2D eigenvalue weighted by Crippen LogP contribution is 2.30. The monoisotopic (exact) mass is 438 g/mol. The second-order valence-corrected chi connectivity index (χ2v) is 9.19. The van der Waals surface area contributed by atoms with Crippen molar-refractivity contribution in [3.05, 3.63) is 59.7 Å². The number of ether oxygens (including phenoxy) is 1. The van der Waals surface area contributed by atoms with Gasteiger partial charge in [-0.25, -0.2) is 17.2 Å². The van der Waals surface area contributed by atoms with E-state index < -0.39 is 21.8 Å². The second kappa shape index (κ2) is 9.09. The molecule has 6 nitrogen and oxygen atoms in total. The van der Waals surface area contributed by atoms with Crippen molar-refractivity contribution in [2.24, 2.45) is 5.92 Å². The van der Waals surface area contributed by atoms with Gasteiger partial charge in [0.1, 0.15) is 22.3 Å². The smallest absolute Gasteiger partial charge is 0.246 e. The molecule has 3 rings (SSSR count). The van der Waals surface area contributed by atoms with Gasteiger partial charge in [0.2, 0.25) is 15.9 Å². The Balaban J connectivity index is 1.73. The number of amides is 1. The molecule has 1 heterocycles. The van der Waals surface area contributed by atoms with Crippen molar-refractivity contribution in [3.8, 4) is 5.75 Å². The summed E-state index contributed by atoms with van der Waals surface area (Å²) in [6.07, 6.45) is 1.04. The number of rotatable bonds is 6. The molecule has 0 aromatic heterocycles. The quantitative estimate of drug-likeness (QED) is 0.751. The minimum absolute atomic E-state index is 0.00995. The lowest BCUT2D eigenvalue weighted by Crippen LogP contribution is -2.45. The number of methoxy groups -OCH3 is 1. The Bertz CT molecular complexity index is 1010. The fourth-order valence-electron chi connectivity index (χ4n) is 3.53. The van der Waals surface area contributed by atoms with Crippen LogP contribution in [0.4, 0.5) is 8.78 Å². The van der Waals surface area contributed by atoms with Gasteiger partial charge in [-0.1, -0.05) is 12.1 Å². The van der Waals surface area contributed by atoms with Gasteiger partial charge in [-0.2, -0.15) is 4.31 Å². The van der Waals surface area contributed by atoms with Crippen LogP contribution in [0.3, 0.4) is 0 Å². The third-order valence-corrected chi connectivity index (χ3v) is 7.11. The van der Waals surface area contributed by atoms with Gasteiger partial charge in [0.25, 0.3) is 0 Å². The van der Waals surface area contributed by atoms with Crippen molar-refractivity contribution in [1.82, 2.24) is 9.62 Å². The van der Waals surface area contributed by atoms with E-state index in [2.05, 4.69) is 5.32 Å². The molecular formula is C21H24F2N2O4S. The van der Waals surface area contributed by atoms with Crippen LogP contribution in [0.5, 0.6) is 5.75 Å². The molecule has 162 valence electrons. The molecule has 0 aliphatic carbocycles. The fraction of sp³-hybridized carbons (Fsp3) is 0.381. The van der Waals surface area contributed by atoms with Crippen LogP contribution >= 0.6 is 0 Å². The number of carbonyl (C=O) groups is 1. The van der Waals surface area contributed by atoms with Gasteiger partial charge in [0.05, 0.1) is 19.1 Å². The number of hydrogen-bond acceptors (Lipinski definition) is 4. The van der Waals surface area contributed by atoms with Crippen LogP contribution in [0.25, 0.3) is 0 Å². The SMILES string of the molecule is COc1ccc(F)cc1S(=O)(=O)N1CCC[C@@H](C(=O)N[C@@H](C)c2ccc(F)cc2)C1. The van der Waals surface area contributed by atoms with Crippen LogP contribution in [0.1, 0.15) is 31.4 Å². The van der Waals surface area contributed by atoms with E-state index in [1.165, 1.54) is 29.6 Å². The molecule has 1 aliphatic rings. The molecule has 1 saturated heterocycles. The molecule has 0 bridgehead atoms. The van der Waals surface area contributed by atoms with Gasteiger partial charge in [0, 0.05) is 13.1 Å². The van der Waals surface area contributed by atoms with Crippen molar-refractivity contribution in [1.29, 1.82) is 0 Å². The van der Waals surface area contributed by atoms with Crippen molar-refractivity contribution in [3.63, 3.8) is 0 Å². The number of piperidine rings is 1. The standard InChI is InChI=1S/C21H24F2N2O4S/c1-14(15-5-7-17(22)8-6-15)24-21(26)16-4-3-11-25(13-16)30(27,28)20-12-18(23)9-10-19(20)29-2/h5-10,12,14,16H,3-4,11,13H2,1-2H3,(H,24,26)/t14-,16+/m0/s1. The van der Waals surface area contributed by atoms with Crippen LogP contribution in [0, 0.1) is 17.6 Å². The van der Waals surface area contributed by atoms with Gasteiger partial charge < -0.3 is 10.1 Å². The zero-order valence-electron chi connectivity index (χ0n) is 16.8. The summed E-state index contributed by atoms with van der Waals surface area (Å²) in [5, 5.41) is 2.86. The van der Waals surface area contributed by atoms with Crippen LogP contribution in [-0.2, 0) is 14.8 Å². The highest BCUT2D eigenvalue weighted by molar-refractivity contribution is 7.89. The average molecular weight is 438 g/mol. The summed E-state index contributed by atoms with van der Waals surface area (Å²) in [7, 11) is -2.72. The topological polar surface area (TPSA) is 75.7 Å². The van der Waals surface area contributed by atoms with E-state index >= 15 is 0 Å². The Kier molecular flexibility index (Phi) is 6.72. The molecule has 0 saturated carbocycles. The Hall–Kier alpha value is -2.52. The van der Waals surface area contributed by atoms with Gasteiger partial charge in [0.15, 0.2) is 0 Å². The Labute approximate surface area is 174 Å². The molecule has 1 fully saturated rings. The second-order valence-electron chi connectivity index (χ2n) is 7.28. The molecule has 0 unspecified atom stereocenters. The van der Waals surface area contributed by atoms with Crippen molar-refractivity contribution in [2.75, 3.05) is 20.2 Å². The molecule has 2 aromatic carbocycles. The molecule has 30 heavy (non-hydrogen) atoms. The number of halogens is 2. The predicted molar refractivity (Wildman–Crippen MR) is 107 cm³/mol. The summed E-state index contributed by atoms with van der Waals surface area (Å²) in [6, 6.07) is 8.78. The van der Waals surface area contributed by atoms with E-state index in [0.717, 1.165) is 17.7 Å². The lowest BCUT2D eigenvalue weighted by Gasteiger charge is -2.32. The van der Waals surface area contributed by atoms with E-state index in [9.17, 15) is 22.0 Å². The normalized spacial score (nSPS) is 18.6. The largest absolute Gasteiger partial charge is 0.495 e. The summed E-state index contributed by atoms with van der Waals surface area (Å²) >= 11 is 0. The Morgan fingerprint density at radius 1 is 1.17 bits per heavy atom. The summed E-state index contributed by atoms with van der Waals surface area (Å²) in [5.74, 6) is -1.83. The first-order chi connectivity index (χ1) is 14.2. The van der Waals surface area contributed by atoms with E-state index in [4.69, 9.17) is 4.74 Å². The highest BCUT2D eigenvalue weighted by Gasteiger charge is 2.35. The zero-order chi connectivity index (χ0) is 21.9. The maximum atomic E-state index is 13.7. The van der Waals surface area contributed by atoms with Crippen molar-refractivity contribution in [2.45, 2.75) is 30.7 Å². The predicted octanol–water partition coefficient (Wildman–Crippen LogP) is 3.25. The molecule has 2 aromatic rings. The van der Waals surface area contributed by atoms with E-state index in [0.29, 0.717) is 12.8 Å². The molecule has 1 N–H and O–H groups in total. The van der Waals surface area contributed by atoms with Crippen LogP contribution in [0.15, 0.2) is 47.4 Å². The third-order valence-electron chi connectivity index (χ3n) is 5.23. The van der Waals surface area contributed by atoms with Crippen LogP contribution in [0.2, 0.25) is 0 Å². The number of nitrogens with zero attached hydrogens (tertiary/aromatic N) is 1. The average Bonchev–Trinajstić information content (AvgIpc) is 2.74. The van der Waals surface area contributed by atoms with Gasteiger partial charge in [-0.05, 0) is 55.7 Å². The first-order valence-electron chi connectivity index (χ1n) is 9.62. The molecule has 0 spiro atoms. The summed E-state index contributed by atoms with van der Waals surface area (Å²) in [5.41, 5.74) is 0.745. The number of carbonyl (C=O) groups excluding carboxylic acids is 1. The molecule has 1 aliphatic heterocycles. The summed E-state index contributed by atoms with van der Waals surface area (Å²) in [4.78, 5) is 12.5. The van der Waals surface area contributed by atoms with E-state index in [1.54, 1.807) is 19.1 Å². The lowest BCUT2D eigenvalue weighted by molar-refractivity contribution is -0.126. The van der Waals surface area contributed by atoms with E-state index in [-0.39, 0.29) is 41.5 Å². The van der Waals surface area contributed by atoms with Crippen molar-refractivity contribution < 1.29 is 26.7 Å². The number of hydrogen-bond donors (Lipinski definition) is 1. The number of nitrogens with one attached hydrogen (secondary N) is 1. The molecule has 0 radical (unpaired) electrons. The first kappa shape index (κ1) is 22.2. The highest BCUT2D eigenvalue weighted by atomic mass is 32.2. The fourth-order valence-corrected chi connectivity index (χ4v) is 5.22. The molecule has 2 atom stereocenters. The summed E-state index contributed by atoms with van der Waals surface area (Å²) < 4.78 is 59.2. The molecular weight excluding hydrogens is 414 g/mol. The zero-order valence-corrected chi connectivity index (χ0v) is 17.6. The number of sulfonamides is 1. The molecule has 1 amide bonds.